The monoisotopic (exact) mass is 201 g/mol. The van der Waals surface area contributed by atoms with Gasteiger partial charge in [0.05, 0.1) is 0 Å². The lowest BCUT2D eigenvalue weighted by atomic mass is 9.92. The number of amides is 1. The van der Waals surface area contributed by atoms with Crippen molar-refractivity contribution in [2.75, 3.05) is 0 Å². The summed E-state index contributed by atoms with van der Waals surface area (Å²) in [6, 6.07) is 0. The third kappa shape index (κ3) is 1.83. The molecule has 1 aliphatic heterocycles. The maximum Gasteiger partial charge on any atom is 0.238 e. The van der Waals surface area contributed by atoms with Crippen molar-refractivity contribution in [3.8, 4) is 0 Å². The standard InChI is InChI=1S/C10H16ClNO/c11-8-4-3-7-10(12-9(8)13)5-1-2-6-10/h8H,1-7H2,(H,12,13). The first-order chi connectivity index (χ1) is 6.22. The second-order valence-corrected chi connectivity index (χ2v) is 4.86. The number of carbonyl (C=O) groups excluding carboxylic acids is 1. The molecule has 1 N–H and O–H groups in total. The molecule has 1 heterocycles. The van der Waals surface area contributed by atoms with E-state index in [4.69, 9.17) is 11.6 Å². The van der Waals surface area contributed by atoms with Crippen LogP contribution in [0.15, 0.2) is 0 Å². The van der Waals surface area contributed by atoms with E-state index in [1.807, 2.05) is 0 Å². The molecule has 0 bridgehead atoms. The summed E-state index contributed by atoms with van der Waals surface area (Å²) in [5.41, 5.74) is 0.126. The lowest BCUT2D eigenvalue weighted by Gasteiger charge is -2.28. The van der Waals surface area contributed by atoms with Crippen molar-refractivity contribution in [2.24, 2.45) is 0 Å². The van der Waals surface area contributed by atoms with Gasteiger partial charge in [0, 0.05) is 5.54 Å². The van der Waals surface area contributed by atoms with Crippen molar-refractivity contribution < 1.29 is 4.79 Å². The molecule has 2 nitrogen and oxygen atoms in total. The maximum atomic E-state index is 11.5. The van der Waals surface area contributed by atoms with Gasteiger partial charge in [0.1, 0.15) is 5.38 Å². The van der Waals surface area contributed by atoms with Crippen molar-refractivity contribution in [3.63, 3.8) is 0 Å². The Labute approximate surface area is 84.0 Å². The van der Waals surface area contributed by atoms with Gasteiger partial charge in [-0.25, -0.2) is 0 Å². The Hall–Kier alpha value is -0.240. The summed E-state index contributed by atoms with van der Waals surface area (Å²) in [5.74, 6) is 0.0565. The molecular weight excluding hydrogens is 186 g/mol. The Balaban J connectivity index is 2.09. The normalized spacial score (nSPS) is 33.0. The number of alkyl halides is 1. The highest BCUT2D eigenvalue weighted by molar-refractivity contribution is 6.30. The van der Waals surface area contributed by atoms with Gasteiger partial charge < -0.3 is 5.32 Å². The van der Waals surface area contributed by atoms with Gasteiger partial charge in [-0.2, -0.15) is 0 Å². The van der Waals surface area contributed by atoms with Crippen molar-refractivity contribution in [3.05, 3.63) is 0 Å². The minimum atomic E-state index is -0.292. The zero-order chi connectivity index (χ0) is 9.31. The third-order valence-corrected chi connectivity index (χ3v) is 3.76. The predicted octanol–water partition coefficient (Wildman–Crippen LogP) is 2.21. The summed E-state index contributed by atoms with van der Waals surface area (Å²) >= 11 is 5.92. The third-order valence-electron chi connectivity index (χ3n) is 3.35. The molecular formula is C10H16ClNO. The van der Waals surface area contributed by atoms with Crippen LogP contribution in [0.1, 0.15) is 44.9 Å². The van der Waals surface area contributed by atoms with E-state index in [9.17, 15) is 4.79 Å². The topological polar surface area (TPSA) is 29.1 Å². The molecule has 2 fully saturated rings. The molecule has 1 spiro atoms. The Morgan fingerprint density at radius 1 is 1.23 bits per heavy atom. The van der Waals surface area contributed by atoms with E-state index in [-0.39, 0.29) is 16.8 Å². The number of hydrogen-bond acceptors (Lipinski definition) is 1. The zero-order valence-corrected chi connectivity index (χ0v) is 8.57. The van der Waals surface area contributed by atoms with E-state index in [1.165, 1.54) is 12.8 Å². The average molecular weight is 202 g/mol. The summed E-state index contributed by atoms with van der Waals surface area (Å²) < 4.78 is 0. The molecule has 74 valence electrons. The quantitative estimate of drug-likeness (QED) is 0.599. The second kappa shape index (κ2) is 3.49. The van der Waals surface area contributed by atoms with Gasteiger partial charge in [-0.15, -0.1) is 11.6 Å². The fraction of sp³-hybridized carbons (Fsp3) is 0.900. The van der Waals surface area contributed by atoms with Crippen LogP contribution in [0, 0.1) is 0 Å². The number of rotatable bonds is 0. The fourth-order valence-corrected chi connectivity index (χ4v) is 2.79. The molecule has 1 unspecified atom stereocenters. The lowest BCUT2D eigenvalue weighted by molar-refractivity contribution is -0.122. The summed E-state index contributed by atoms with van der Waals surface area (Å²) in [6.45, 7) is 0. The molecule has 0 radical (unpaired) electrons. The Bertz CT molecular complexity index is 211. The van der Waals surface area contributed by atoms with Gasteiger partial charge in [-0.1, -0.05) is 12.8 Å². The second-order valence-electron chi connectivity index (χ2n) is 4.34. The molecule has 1 atom stereocenters. The van der Waals surface area contributed by atoms with Crippen LogP contribution in [0.2, 0.25) is 0 Å². The first kappa shape index (κ1) is 9.32. The highest BCUT2D eigenvalue weighted by Gasteiger charge is 2.38. The van der Waals surface area contributed by atoms with Crippen LogP contribution < -0.4 is 5.32 Å². The molecule has 1 aliphatic carbocycles. The van der Waals surface area contributed by atoms with Crippen molar-refractivity contribution >= 4 is 17.5 Å². The summed E-state index contributed by atoms with van der Waals surface area (Å²) in [7, 11) is 0. The van der Waals surface area contributed by atoms with Crippen LogP contribution in [0.5, 0.6) is 0 Å². The number of nitrogens with one attached hydrogen (secondary N) is 1. The SMILES string of the molecule is O=C1NC2(CCCC2)CCCC1Cl. The Morgan fingerprint density at radius 3 is 2.54 bits per heavy atom. The van der Waals surface area contributed by atoms with E-state index in [0.717, 1.165) is 32.1 Å². The van der Waals surface area contributed by atoms with E-state index < -0.39 is 0 Å². The summed E-state index contributed by atoms with van der Waals surface area (Å²) in [4.78, 5) is 11.5. The molecule has 1 saturated carbocycles. The fourth-order valence-electron chi connectivity index (χ4n) is 2.58. The molecule has 3 heteroatoms. The molecule has 1 saturated heterocycles. The smallest absolute Gasteiger partial charge is 0.238 e. The van der Waals surface area contributed by atoms with Gasteiger partial charge >= 0.3 is 0 Å². The van der Waals surface area contributed by atoms with Gasteiger partial charge in [-0.05, 0) is 32.1 Å². The van der Waals surface area contributed by atoms with E-state index in [0.29, 0.717) is 0 Å². The van der Waals surface area contributed by atoms with Gasteiger partial charge in [0.15, 0.2) is 0 Å². The number of halogens is 1. The maximum absolute atomic E-state index is 11.5. The molecule has 13 heavy (non-hydrogen) atoms. The Kier molecular flexibility index (Phi) is 2.50. The highest BCUT2D eigenvalue weighted by atomic mass is 35.5. The molecule has 2 rings (SSSR count). The van der Waals surface area contributed by atoms with Crippen molar-refractivity contribution in [2.45, 2.75) is 55.9 Å². The lowest BCUT2D eigenvalue weighted by Crippen LogP contribution is -2.46. The molecule has 0 aromatic heterocycles. The van der Waals surface area contributed by atoms with Crippen LogP contribution in [-0.4, -0.2) is 16.8 Å². The molecule has 0 aromatic carbocycles. The summed E-state index contributed by atoms with van der Waals surface area (Å²) in [6.07, 6.45) is 7.88. The minimum Gasteiger partial charge on any atom is -0.349 e. The van der Waals surface area contributed by atoms with E-state index >= 15 is 0 Å². The van der Waals surface area contributed by atoms with Crippen LogP contribution in [0.25, 0.3) is 0 Å². The highest BCUT2D eigenvalue weighted by Crippen LogP contribution is 2.36. The summed E-state index contributed by atoms with van der Waals surface area (Å²) in [5, 5.41) is 2.84. The first-order valence-electron chi connectivity index (χ1n) is 5.18. The van der Waals surface area contributed by atoms with Gasteiger partial charge in [-0.3, -0.25) is 4.79 Å². The van der Waals surface area contributed by atoms with Crippen LogP contribution in [0.3, 0.4) is 0 Å². The molecule has 0 aromatic rings. The van der Waals surface area contributed by atoms with Crippen LogP contribution in [0.4, 0.5) is 0 Å². The van der Waals surface area contributed by atoms with Gasteiger partial charge in [0.2, 0.25) is 5.91 Å². The van der Waals surface area contributed by atoms with E-state index in [2.05, 4.69) is 5.32 Å². The van der Waals surface area contributed by atoms with Crippen LogP contribution >= 0.6 is 11.6 Å². The van der Waals surface area contributed by atoms with Crippen molar-refractivity contribution in [1.29, 1.82) is 0 Å². The van der Waals surface area contributed by atoms with E-state index in [1.54, 1.807) is 0 Å². The zero-order valence-electron chi connectivity index (χ0n) is 7.81. The molecule has 1 amide bonds. The minimum absolute atomic E-state index is 0.0565. The van der Waals surface area contributed by atoms with Gasteiger partial charge in [0.25, 0.3) is 0 Å². The number of carbonyl (C=O) groups is 1. The average Bonchev–Trinajstić information content (AvgIpc) is 2.47. The number of hydrogen-bond donors (Lipinski definition) is 1. The predicted molar refractivity (Wildman–Crippen MR) is 52.8 cm³/mol. The first-order valence-corrected chi connectivity index (χ1v) is 5.62. The van der Waals surface area contributed by atoms with Crippen LogP contribution in [-0.2, 0) is 4.79 Å². The molecule has 2 aliphatic rings. The van der Waals surface area contributed by atoms with Crippen molar-refractivity contribution in [1.82, 2.24) is 5.32 Å². The largest absolute Gasteiger partial charge is 0.349 e. The Morgan fingerprint density at radius 2 is 1.85 bits per heavy atom.